The molecule has 0 amide bonds. The van der Waals surface area contributed by atoms with Crippen molar-refractivity contribution in [1.29, 1.82) is 0 Å². The predicted octanol–water partition coefficient (Wildman–Crippen LogP) is 3.43. The smallest absolute Gasteiger partial charge is 0.137 e. The molecular weight excluding hydrogens is 318 g/mol. The van der Waals surface area contributed by atoms with E-state index >= 15 is 0 Å². The average Bonchev–Trinajstić information content (AvgIpc) is 2.90. The molecule has 2 atom stereocenters. The van der Waals surface area contributed by atoms with Gasteiger partial charge in [-0.25, -0.2) is 9.67 Å². The number of benzene rings is 1. The monoisotopic (exact) mass is 335 g/mol. The molecule has 3 rings (SSSR count). The zero-order valence-corrected chi connectivity index (χ0v) is 12.8. The Balaban J connectivity index is 2.02. The maximum Gasteiger partial charge on any atom is 0.137 e. The van der Waals surface area contributed by atoms with E-state index in [0.29, 0.717) is 0 Å². The lowest BCUT2D eigenvalue weighted by atomic mass is 9.82. The second kappa shape index (κ2) is 5.66. The minimum atomic E-state index is -0.870. The van der Waals surface area contributed by atoms with Crippen LogP contribution < -0.4 is 0 Å². The highest BCUT2D eigenvalue weighted by Crippen LogP contribution is 2.43. The summed E-state index contributed by atoms with van der Waals surface area (Å²) in [7, 11) is 0. The summed E-state index contributed by atoms with van der Waals surface area (Å²) in [6.07, 6.45) is 8.24. The number of hydrogen-bond donors (Lipinski definition) is 1. The predicted molar refractivity (Wildman–Crippen MR) is 80.2 cm³/mol. The van der Waals surface area contributed by atoms with Gasteiger partial charge >= 0.3 is 0 Å². The van der Waals surface area contributed by atoms with Crippen molar-refractivity contribution in [1.82, 2.24) is 14.8 Å². The molecule has 106 valence electrons. The molecular formula is C15H18BrN3O. The van der Waals surface area contributed by atoms with Gasteiger partial charge in [0.05, 0.1) is 6.04 Å². The molecule has 1 N–H and O–H groups in total. The Morgan fingerprint density at radius 1 is 1.20 bits per heavy atom. The second-order valence-corrected chi connectivity index (χ2v) is 6.34. The molecule has 2 aromatic rings. The Morgan fingerprint density at radius 3 is 2.70 bits per heavy atom. The number of aromatic nitrogens is 3. The van der Waals surface area contributed by atoms with E-state index in [1.54, 1.807) is 6.33 Å². The van der Waals surface area contributed by atoms with Crippen molar-refractivity contribution in [2.24, 2.45) is 0 Å². The van der Waals surface area contributed by atoms with Crippen molar-refractivity contribution < 1.29 is 5.11 Å². The molecule has 1 saturated carbocycles. The van der Waals surface area contributed by atoms with E-state index < -0.39 is 5.60 Å². The first-order valence-corrected chi connectivity index (χ1v) is 7.82. The highest BCUT2D eigenvalue weighted by Gasteiger charge is 2.40. The Bertz CT molecular complexity index is 555. The number of rotatable bonds is 2. The van der Waals surface area contributed by atoms with Crippen LogP contribution in [0.4, 0.5) is 0 Å². The van der Waals surface area contributed by atoms with Crippen LogP contribution in [0.1, 0.15) is 43.7 Å². The molecule has 1 fully saturated rings. The summed E-state index contributed by atoms with van der Waals surface area (Å²) in [4.78, 5) is 4.03. The highest BCUT2D eigenvalue weighted by atomic mass is 79.9. The van der Waals surface area contributed by atoms with Gasteiger partial charge in [-0.2, -0.15) is 5.10 Å². The van der Waals surface area contributed by atoms with Gasteiger partial charge in [0, 0.05) is 4.47 Å². The van der Waals surface area contributed by atoms with Crippen LogP contribution in [0.2, 0.25) is 0 Å². The first-order valence-electron chi connectivity index (χ1n) is 7.03. The first kappa shape index (κ1) is 13.8. The molecule has 1 aromatic heterocycles. The summed E-state index contributed by atoms with van der Waals surface area (Å²) in [6.45, 7) is 0. The molecule has 1 heterocycles. The van der Waals surface area contributed by atoms with Crippen molar-refractivity contribution >= 4 is 15.9 Å². The van der Waals surface area contributed by atoms with Crippen LogP contribution in [0.3, 0.4) is 0 Å². The van der Waals surface area contributed by atoms with Crippen molar-refractivity contribution in [3.05, 3.63) is 47.0 Å². The Kier molecular flexibility index (Phi) is 3.89. The normalized spacial score (nSPS) is 27.2. The lowest BCUT2D eigenvalue weighted by Crippen LogP contribution is -2.36. The van der Waals surface area contributed by atoms with Crippen LogP contribution in [0.25, 0.3) is 0 Å². The van der Waals surface area contributed by atoms with E-state index in [-0.39, 0.29) is 6.04 Å². The summed E-state index contributed by atoms with van der Waals surface area (Å²) >= 11 is 3.45. The van der Waals surface area contributed by atoms with Gasteiger partial charge in [0.15, 0.2) is 0 Å². The summed E-state index contributed by atoms with van der Waals surface area (Å²) in [6, 6.07) is 7.92. The molecule has 1 aliphatic rings. The summed E-state index contributed by atoms with van der Waals surface area (Å²) < 4.78 is 2.84. The molecule has 20 heavy (non-hydrogen) atoms. The summed E-state index contributed by atoms with van der Waals surface area (Å²) in [5.74, 6) is 0. The van der Waals surface area contributed by atoms with Gasteiger partial charge in [-0.05, 0) is 30.5 Å². The van der Waals surface area contributed by atoms with E-state index in [4.69, 9.17) is 0 Å². The van der Waals surface area contributed by atoms with Crippen LogP contribution >= 0.6 is 15.9 Å². The Hall–Kier alpha value is -1.20. The number of nitrogens with zero attached hydrogens (tertiary/aromatic N) is 3. The minimum Gasteiger partial charge on any atom is -0.383 e. The SMILES string of the molecule is OC1(c2ccc(Br)cc2)CCCCCC1n1cncn1. The zero-order valence-electron chi connectivity index (χ0n) is 11.2. The fourth-order valence-electron chi connectivity index (χ4n) is 3.12. The van der Waals surface area contributed by atoms with E-state index in [1.807, 2.05) is 28.9 Å². The molecule has 0 radical (unpaired) electrons. The van der Waals surface area contributed by atoms with Crippen LogP contribution in [-0.2, 0) is 5.60 Å². The molecule has 4 nitrogen and oxygen atoms in total. The number of aliphatic hydroxyl groups is 1. The van der Waals surface area contributed by atoms with Crippen LogP contribution in [0.15, 0.2) is 41.4 Å². The number of halogens is 1. The summed E-state index contributed by atoms with van der Waals surface area (Å²) in [5.41, 5.74) is 0.0911. The molecule has 0 spiro atoms. The average molecular weight is 336 g/mol. The zero-order chi connectivity index (χ0) is 14.0. The lowest BCUT2D eigenvalue weighted by molar-refractivity contribution is -0.0286. The van der Waals surface area contributed by atoms with Gasteiger partial charge in [0.25, 0.3) is 0 Å². The van der Waals surface area contributed by atoms with Gasteiger partial charge in [-0.15, -0.1) is 0 Å². The maximum absolute atomic E-state index is 11.3. The highest BCUT2D eigenvalue weighted by molar-refractivity contribution is 9.10. The topological polar surface area (TPSA) is 50.9 Å². The van der Waals surface area contributed by atoms with E-state index in [9.17, 15) is 5.11 Å². The van der Waals surface area contributed by atoms with Gasteiger partial charge < -0.3 is 5.11 Å². The lowest BCUT2D eigenvalue weighted by Gasteiger charge is -2.35. The maximum atomic E-state index is 11.3. The molecule has 5 heteroatoms. The van der Waals surface area contributed by atoms with E-state index in [0.717, 1.165) is 42.1 Å². The van der Waals surface area contributed by atoms with Crippen molar-refractivity contribution in [2.75, 3.05) is 0 Å². The van der Waals surface area contributed by atoms with Gasteiger partial charge in [0.1, 0.15) is 18.3 Å². The van der Waals surface area contributed by atoms with Crippen molar-refractivity contribution in [3.8, 4) is 0 Å². The Morgan fingerprint density at radius 2 is 2.00 bits per heavy atom. The van der Waals surface area contributed by atoms with Crippen LogP contribution in [0.5, 0.6) is 0 Å². The first-order chi connectivity index (χ1) is 9.70. The summed E-state index contributed by atoms with van der Waals surface area (Å²) in [5, 5.41) is 15.6. The number of hydrogen-bond acceptors (Lipinski definition) is 3. The third kappa shape index (κ3) is 2.52. The third-order valence-electron chi connectivity index (χ3n) is 4.19. The fraction of sp³-hybridized carbons (Fsp3) is 0.467. The van der Waals surface area contributed by atoms with Crippen molar-refractivity contribution in [2.45, 2.75) is 43.7 Å². The fourth-order valence-corrected chi connectivity index (χ4v) is 3.38. The minimum absolute atomic E-state index is 0.0475. The van der Waals surface area contributed by atoms with Gasteiger partial charge in [-0.1, -0.05) is 47.3 Å². The second-order valence-electron chi connectivity index (χ2n) is 5.42. The molecule has 2 unspecified atom stereocenters. The largest absolute Gasteiger partial charge is 0.383 e. The van der Waals surface area contributed by atoms with Crippen LogP contribution in [-0.4, -0.2) is 19.9 Å². The third-order valence-corrected chi connectivity index (χ3v) is 4.72. The molecule has 1 aromatic carbocycles. The Labute approximate surface area is 127 Å². The van der Waals surface area contributed by atoms with E-state index in [2.05, 4.69) is 26.0 Å². The standard InChI is InChI=1S/C15H18BrN3O/c16-13-7-5-12(6-8-13)15(20)9-3-1-2-4-14(15)19-11-17-10-18-19/h5-8,10-11,14,20H,1-4,9H2. The van der Waals surface area contributed by atoms with Crippen molar-refractivity contribution in [3.63, 3.8) is 0 Å². The molecule has 0 aliphatic heterocycles. The quantitative estimate of drug-likeness (QED) is 0.855. The van der Waals surface area contributed by atoms with Gasteiger partial charge in [0.2, 0.25) is 0 Å². The van der Waals surface area contributed by atoms with Crippen LogP contribution in [0, 0.1) is 0 Å². The van der Waals surface area contributed by atoms with E-state index in [1.165, 1.54) is 6.33 Å². The molecule has 1 aliphatic carbocycles. The van der Waals surface area contributed by atoms with Gasteiger partial charge in [-0.3, -0.25) is 0 Å². The molecule has 0 saturated heterocycles. The molecule has 0 bridgehead atoms.